The zero-order valence-corrected chi connectivity index (χ0v) is 15.8. The van der Waals surface area contributed by atoms with Crippen molar-refractivity contribution in [3.8, 4) is 0 Å². The molecule has 0 unspecified atom stereocenters. The third kappa shape index (κ3) is 2.68. The smallest absolute Gasteiger partial charge is 0.332 e. The number of fused-ring (bicyclic) bond motifs is 3. The van der Waals surface area contributed by atoms with E-state index in [1.807, 2.05) is 29.7 Å². The van der Waals surface area contributed by atoms with E-state index in [1.54, 1.807) is 7.05 Å². The minimum atomic E-state index is -0.369. The van der Waals surface area contributed by atoms with Crippen LogP contribution in [0.4, 0.5) is 11.6 Å². The van der Waals surface area contributed by atoms with E-state index in [1.165, 1.54) is 9.13 Å². The molecule has 1 aliphatic heterocycles. The zero-order chi connectivity index (χ0) is 19.1. The van der Waals surface area contributed by atoms with Gasteiger partial charge in [-0.3, -0.25) is 13.9 Å². The summed E-state index contributed by atoms with van der Waals surface area (Å²) in [4.78, 5) is 32.4. The third-order valence-electron chi connectivity index (χ3n) is 5.07. The number of aryl methyl sites for hydroxylation is 2. The van der Waals surface area contributed by atoms with Crippen molar-refractivity contribution >= 4 is 22.8 Å². The summed E-state index contributed by atoms with van der Waals surface area (Å²) in [7, 11) is 1.65. The van der Waals surface area contributed by atoms with Gasteiger partial charge in [0.15, 0.2) is 11.2 Å². The van der Waals surface area contributed by atoms with E-state index < -0.39 is 0 Å². The lowest BCUT2D eigenvalue weighted by atomic mass is 10.2. The van der Waals surface area contributed by atoms with Crippen molar-refractivity contribution in [3.63, 3.8) is 0 Å². The molecule has 27 heavy (non-hydrogen) atoms. The topological polar surface area (TPSA) is 74.3 Å². The summed E-state index contributed by atoms with van der Waals surface area (Å²) < 4.78 is 9.93. The highest BCUT2D eigenvalue weighted by atomic mass is 16.5. The van der Waals surface area contributed by atoms with E-state index in [2.05, 4.69) is 22.9 Å². The highest BCUT2D eigenvalue weighted by Gasteiger charge is 2.29. The van der Waals surface area contributed by atoms with Crippen molar-refractivity contribution in [2.24, 2.45) is 7.05 Å². The fourth-order valence-corrected chi connectivity index (χ4v) is 3.67. The lowest BCUT2D eigenvalue weighted by molar-refractivity contribution is 0.137. The van der Waals surface area contributed by atoms with Gasteiger partial charge in [0.05, 0.1) is 13.2 Å². The van der Waals surface area contributed by atoms with Gasteiger partial charge in [0.25, 0.3) is 5.56 Å². The second-order valence-electron chi connectivity index (χ2n) is 6.67. The lowest BCUT2D eigenvalue weighted by Gasteiger charge is -2.18. The largest absolute Gasteiger partial charge is 0.380 e. The number of aromatic nitrogens is 4. The second kappa shape index (κ2) is 6.70. The number of hydrogen-bond acceptors (Lipinski definition) is 5. The minimum Gasteiger partial charge on any atom is -0.380 e. The monoisotopic (exact) mass is 369 g/mol. The second-order valence-corrected chi connectivity index (χ2v) is 6.67. The fraction of sp³-hybridized carbons (Fsp3) is 0.421. The molecular formula is C19H23N5O3. The maximum Gasteiger partial charge on any atom is 0.332 e. The van der Waals surface area contributed by atoms with Gasteiger partial charge in [-0.05, 0) is 25.5 Å². The lowest BCUT2D eigenvalue weighted by Crippen LogP contribution is -2.40. The summed E-state index contributed by atoms with van der Waals surface area (Å²) in [5.74, 6) is 0.703. The summed E-state index contributed by atoms with van der Waals surface area (Å²) in [5.41, 5.74) is 2.42. The number of benzene rings is 1. The van der Waals surface area contributed by atoms with E-state index in [9.17, 15) is 9.59 Å². The van der Waals surface area contributed by atoms with Crippen LogP contribution in [0.5, 0.6) is 0 Å². The highest BCUT2D eigenvalue weighted by molar-refractivity contribution is 5.78. The molecule has 0 amide bonds. The van der Waals surface area contributed by atoms with Crippen LogP contribution in [0.1, 0.15) is 12.5 Å². The standard InChI is InChI=1S/C19H23N5O3/c1-4-27-12-11-24-17(25)15-16(21(3)19(24)26)20-18-22(9-10-23(15)18)14-8-6-5-7-13(14)2/h5-8H,4,9-12H2,1-3H3. The van der Waals surface area contributed by atoms with Gasteiger partial charge < -0.3 is 14.2 Å². The maximum atomic E-state index is 13.0. The molecule has 0 fully saturated rings. The molecule has 0 atom stereocenters. The molecule has 0 spiro atoms. The van der Waals surface area contributed by atoms with E-state index in [-0.39, 0.29) is 17.8 Å². The van der Waals surface area contributed by atoms with Crippen molar-refractivity contribution in [3.05, 3.63) is 50.7 Å². The average Bonchev–Trinajstić information content (AvgIpc) is 3.23. The molecule has 1 aromatic carbocycles. The first-order valence-electron chi connectivity index (χ1n) is 9.15. The predicted molar refractivity (Wildman–Crippen MR) is 104 cm³/mol. The van der Waals surface area contributed by atoms with Gasteiger partial charge in [-0.15, -0.1) is 0 Å². The Hall–Kier alpha value is -2.87. The van der Waals surface area contributed by atoms with Crippen LogP contribution in [0.15, 0.2) is 33.9 Å². The van der Waals surface area contributed by atoms with Crippen LogP contribution < -0.4 is 16.1 Å². The first-order valence-corrected chi connectivity index (χ1v) is 9.15. The molecule has 3 aromatic rings. The molecule has 4 rings (SSSR count). The summed E-state index contributed by atoms with van der Waals surface area (Å²) in [6, 6.07) is 8.09. The molecule has 0 saturated carbocycles. The van der Waals surface area contributed by atoms with Gasteiger partial charge in [0.1, 0.15) is 0 Å². The molecular weight excluding hydrogens is 346 g/mol. The van der Waals surface area contributed by atoms with E-state index in [4.69, 9.17) is 4.74 Å². The van der Waals surface area contributed by atoms with Crippen molar-refractivity contribution in [2.45, 2.75) is 26.9 Å². The molecule has 0 saturated heterocycles. The maximum absolute atomic E-state index is 13.0. The number of ether oxygens (including phenoxy) is 1. The Morgan fingerprint density at radius 1 is 1.19 bits per heavy atom. The molecule has 142 valence electrons. The molecule has 8 nitrogen and oxygen atoms in total. The predicted octanol–water partition coefficient (Wildman–Crippen LogP) is 1.39. The molecule has 3 heterocycles. The van der Waals surface area contributed by atoms with Crippen molar-refractivity contribution in [1.29, 1.82) is 0 Å². The Bertz CT molecular complexity index is 1120. The summed E-state index contributed by atoms with van der Waals surface area (Å²) in [6.45, 7) is 6.43. The van der Waals surface area contributed by atoms with Crippen molar-refractivity contribution < 1.29 is 4.74 Å². The molecule has 8 heteroatoms. The molecule has 0 N–H and O–H groups in total. The summed E-state index contributed by atoms with van der Waals surface area (Å²) >= 11 is 0. The van der Waals surface area contributed by atoms with Crippen molar-refractivity contribution in [2.75, 3.05) is 24.7 Å². The van der Waals surface area contributed by atoms with Crippen LogP contribution in [-0.2, 0) is 24.9 Å². The van der Waals surface area contributed by atoms with Gasteiger partial charge in [-0.1, -0.05) is 18.2 Å². The number of imidazole rings is 1. The molecule has 0 radical (unpaired) electrons. The highest BCUT2D eigenvalue weighted by Crippen LogP contribution is 2.33. The molecule has 2 aromatic heterocycles. The van der Waals surface area contributed by atoms with Crippen LogP contribution >= 0.6 is 0 Å². The quantitative estimate of drug-likeness (QED) is 0.636. The first-order chi connectivity index (χ1) is 13.0. The van der Waals surface area contributed by atoms with E-state index >= 15 is 0 Å². The van der Waals surface area contributed by atoms with Crippen LogP contribution in [-0.4, -0.2) is 38.4 Å². The number of para-hydroxylation sites is 1. The molecule has 0 aliphatic carbocycles. The average molecular weight is 369 g/mol. The van der Waals surface area contributed by atoms with Crippen molar-refractivity contribution in [1.82, 2.24) is 18.7 Å². The Labute approximate surface area is 156 Å². The third-order valence-corrected chi connectivity index (χ3v) is 5.07. The molecule has 0 bridgehead atoms. The summed E-state index contributed by atoms with van der Waals surface area (Å²) in [5, 5.41) is 0. The minimum absolute atomic E-state index is 0.233. The number of anilines is 2. The van der Waals surface area contributed by atoms with E-state index in [0.29, 0.717) is 36.9 Å². The van der Waals surface area contributed by atoms with E-state index in [0.717, 1.165) is 17.8 Å². The van der Waals surface area contributed by atoms with Crippen LogP contribution in [0.2, 0.25) is 0 Å². The Morgan fingerprint density at radius 2 is 1.96 bits per heavy atom. The Balaban J connectivity index is 1.88. The van der Waals surface area contributed by atoms with Gasteiger partial charge in [0.2, 0.25) is 5.95 Å². The number of nitrogens with zero attached hydrogens (tertiary/aromatic N) is 5. The SMILES string of the molecule is CCOCCn1c(=O)c2c(nc3n2CCN3c2ccccc2C)n(C)c1=O. The van der Waals surface area contributed by atoms with Gasteiger partial charge in [-0.25, -0.2) is 4.79 Å². The Kier molecular flexibility index (Phi) is 4.35. The van der Waals surface area contributed by atoms with Gasteiger partial charge in [0, 0.05) is 32.4 Å². The number of rotatable bonds is 5. The Morgan fingerprint density at radius 3 is 2.70 bits per heavy atom. The molecule has 1 aliphatic rings. The normalized spacial score (nSPS) is 13.5. The van der Waals surface area contributed by atoms with Crippen LogP contribution in [0.25, 0.3) is 11.2 Å². The summed E-state index contributed by atoms with van der Waals surface area (Å²) in [6.07, 6.45) is 0. The van der Waals surface area contributed by atoms with Crippen LogP contribution in [0, 0.1) is 6.92 Å². The van der Waals surface area contributed by atoms with Crippen LogP contribution in [0.3, 0.4) is 0 Å². The van der Waals surface area contributed by atoms with Gasteiger partial charge in [-0.2, -0.15) is 4.98 Å². The van der Waals surface area contributed by atoms with Gasteiger partial charge >= 0.3 is 5.69 Å². The fourth-order valence-electron chi connectivity index (χ4n) is 3.67. The zero-order valence-electron chi connectivity index (χ0n) is 15.8. The number of hydrogen-bond donors (Lipinski definition) is 0. The first kappa shape index (κ1) is 17.5.